The summed E-state index contributed by atoms with van der Waals surface area (Å²) in [6, 6.07) is 13.1. The number of anilines is 1. The van der Waals surface area contributed by atoms with Crippen LogP contribution in [-0.2, 0) is 36.1 Å². The number of benzene rings is 2. The summed E-state index contributed by atoms with van der Waals surface area (Å²) in [5.41, 5.74) is 5.39. The third kappa shape index (κ3) is 7.04. The summed E-state index contributed by atoms with van der Waals surface area (Å²) in [6.07, 6.45) is 1.99. The SMILES string of the molecule is CC(C)C[C@H](C(=O)[C@@H](C(=O)O)N(C(=O)[C@@H](N)CC(=O)O)c1ccccc1)N1C(=O)N(Cc2ccccc2)[C@](C)(c2ccncc2)C1=O. The number of carbonyl (C=O) groups is 6. The van der Waals surface area contributed by atoms with Crippen LogP contribution in [0.1, 0.15) is 44.7 Å². The molecule has 246 valence electrons. The number of carboxylic acids is 2. The Bertz CT molecular complexity index is 1640. The van der Waals surface area contributed by atoms with Crippen molar-refractivity contribution >= 4 is 41.3 Å². The molecule has 4 amide bonds. The molecule has 1 aliphatic rings. The Morgan fingerprint density at radius 3 is 2.02 bits per heavy atom. The monoisotopic (exact) mass is 643 g/mol. The summed E-state index contributed by atoms with van der Waals surface area (Å²) in [5, 5.41) is 19.8. The average molecular weight is 644 g/mol. The minimum absolute atomic E-state index is 0.00957. The number of amides is 4. The van der Waals surface area contributed by atoms with Gasteiger partial charge in [0.1, 0.15) is 11.6 Å². The second-order valence-corrected chi connectivity index (χ2v) is 11.9. The van der Waals surface area contributed by atoms with Gasteiger partial charge < -0.3 is 20.8 Å². The van der Waals surface area contributed by atoms with Gasteiger partial charge in [-0.25, -0.2) is 9.59 Å². The summed E-state index contributed by atoms with van der Waals surface area (Å²) in [7, 11) is 0. The highest BCUT2D eigenvalue weighted by Gasteiger charge is 2.59. The number of Topliss-reactive ketones (excluding diaryl/α,β-unsaturated/α-hetero) is 1. The van der Waals surface area contributed by atoms with Gasteiger partial charge in [0, 0.05) is 24.6 Å². The molecular weight excluding hydrogens is 606 g/mol. The second kappa shape index (κ2) is 14.3. The first-order chi connectivity index (χ1) is 22.3. The van der Waals surface area contributed by atoms with Crippen LogP contribution in [0.15, 0.2) is 85.2 Å². The molecule has 47 heavy (non-hydrogen) atoms. The number of urea groups is 1. The number of hydrogen-bond acceptors (Lipinski definition) is 8. The molecule has 13 heteroatoms. The van der Waals surface area contributed by atoms with E-state index in [2.05, 4.69) is 4.98 Å². The Morgan fingerprint density at radius 2 is 1.49 bits per heavy atom. The minimum Gasteiger partial charge on any atom is -0.481 e. The Hall–Kier alpha value is -5.43. The molecule has 2 aromatic carbocycles. The van der Waals surface area contributed by atoms with Gasteiger partial charge in [0.05, 0.1) is 12.5 Å². The number of pyridine rings is 1. The predicted molar refractivity (Wildman–Crippen MR) is 170 cm³/mol. The van der Waals surface area contributed by atoms with Crippen molar-refractivity contribution in [2.75, 3.05) is 4.90 Å². The van der Waals surface area contributed by atoms with Crippen LogP contribution in [0.4, 0.5) is 10.5 Å². The molecular formula is C34H37N5O8. The van der Waals surface area contributed by atoms with Crippen LogP contribution in [0.2, 0.25) is 0 Å². The number of rotatable bonds is 14. The second-order valence-electron chi connectivity index (χ2n) is 11.9. The number of carboxylic acid groups (broad SMARTS) is 2. The van der Waals surface area contributed by atoms with Crippen LogP contribution in [0.5, 0.6) is 0 Å². The van der Waals surface area contributed by atoms with Gasteiger partial charge in [-0.3, -0.25) is 34.0 Å². The van der Waals surface area contributed by atoms with Crippen LogP contribution in [0, 0.1) is 5.92 Å². The van der Waals surface area contributed by atoms with Crippen LogP contribution < -0.4 is 10.6 Å². The van der Waals surface area contributed by atoms with E-state index >= 15 is 0 Å². The standard InChI is InChI=1S/C34H37N5O8/c1-21(2)18-26(29(42)28(31(44)45)38(24-12-8-5-9-13-24)30(43)25(35)19-27(40)41)39-32(46)34(3,23-14-16-36-17-15-23)37(33(39)47)20-22-10-6-4-7-11-22/h4-17,21,25-26,28H,18-20,35H2,1-3H3,(H,40,41)(H,44,45)/t25-,26+,28-,34+/m0/s1. The van der Waals surface area contributed by atoms with Gasteiger partial charge in [-0.05, 0) is 54.7 Å². The topological polar surface area (TPSA) is 192 Å². The zero-order valence-corrected chi connectivity index (χ0v) is 26.2. The lowest BCUT2D eigenvalue weighted by molar-refractivity contribution is -0.148. The van der Waals surface area contributed by atoms with Crippen molar-refractivity contribution in [1.29, 1.82) is 0 Å². The largest absolute Gasteiger partial charge is 0.481 e. The van der Waals surface area contributed by atoms with Crippen LogP contribution >= 0.6 is 0 Å². The summed E-state index contributed by atoms with van der Waals surface area (Å²) in [5.74, 6) is -6.48. The first-order valence-corrected chi connectivity index (χ1v) is 15.0. The smallest absolute Gasteiger partial charge is 0.334 e. The molecule has 3 aromatic rings. The molecule has 1 aliphatic heterocycles. The molecule has 13 nitrogen and oxygen atoms in total. The first-order valence-electron chi connectivity index (χ1n) is 15.0. The minimum atomic E-state index is -2.26. The van der Waals surface area contributed by atoms with E-state index in [1.165, 1.54) is 41.6 Å². The summed E-state index contributed by atoms with van der Waals surface area (Å²) in [6.45, 7) is 5.04. The third-order valence-electron chi connectivity index (χ3n) is 8.12. The number of hydrogen-bond donors (Lipinski definition) is 3. The van der Waals surface area contributed by atoms with Crippen molar-refractivity contribution < 1.29 is 39.0 Å². The summed E-state index contributed by atoms with van der Waals surface area (Å²) in [4.78, 5) is 88.3. The quantitative estimate of drug-likeness (QED) is 0.174. The van der Waals surface area contributed by atoms with Gasteiger partial charge in [0.2, 0.25) is 5.91 Å². The van der Waals surface area contributed by atoms with Crippen LogP contribution in [0.25, 0.3) is 0 Å². The number of nitrogens with zero attached hydrogens (tertiary/aromatic N) is 4. The van der Waals surface area contributed by atoms with E-state index in [1.807, 2.05) is 0 Å². The van der Waals surface area contributed by atoms with Gasteiger partial charge >= 0.3 is 18.0 Å². The van der Waals surface area contributed by atoms with Crippen molar-refractivity contribution in [2.24, 2.45) is 11.7 Å². The van der Waals surface area contributed by atoms with Gasteiger partial charge in [0.15, 0.2) is 11.8 Å². The highest BCUT2D eigenvalue weighted by atomic mass is 16.4. The molecule has 2 heterocycles. The molecule has 0 unspecified atom stereocenters. The molecule has 1 aromatic heterocycles. The highest BCUT2D eigenvalue weighted by Crippen LogP contribution is 2.40. The third-order valence-corrected chi connectivity index (χ3v) is 8.12. The number of aromatic nitrogens is 1. The lowest BCUT2D eigenvalue weighted by Gasteiger charge is -2.34. The number of aliphatic carboxylic acids is 2. The van der Waals surface area contributed by atoms with E-state index in [9.17, 15) is 39.0 Å². The maximum Gasteiger partial charge on any atom is 0.334 e. The lowest BCUT2D eigenvalue weighted by atomic mass is 9.89. The molecule has 0 saturated carbocycles. The zero-order valence-electron chi connectivity index (χ0n) is 26.2. The van der Waals surface area contributed by atoms with Crippen molar-refractivity contribution in [2.45, 2.75) is 63.8 Å². The van der Waals surface area contributed by atoms with Gasteiger partial charge in [-0.1, -0.05) is 62.4 Å². The molecule has 4 atom stereocenters. The fourth-order valence-electron chi connectivity index (χ4n) is 5.76. The molecule has 1 saturated heterocycles. The molecule has 0 aliphatic carbocycles. The fraction of sp³-hybridized carbons (Fsp3) is 0.324. The summed E-state index contributed by atoms with van der Waals surface area (Å²) >= 11 is 0. The molecule has 4 N–H and O–H groups in total. The van der Waals surface area contributed by atoms with E-state index < -0.39 is 65.7 Å². The first kappa shape index (κ1) is 34.4. The van der Waals surface area contributed by atoms with Crippen LogP contribution in [-0.4, -0.2) is 78.7 Å². The molecule has 0 spiro atoms. The number of imide groups is 1. The maximum atomic E-state index is 14.6. The molecule has 0 bridgehead atoms. The highest BCUT2D eigenvalue weighted by molar-refractivity contribution is 6.18. The number of nitrogens with two attached hydrogens (primary N) is 1. The maximum absolute atomic E-state index is 14.6. The van der Waals surface area contributed by atoms with Crippen LogP contribution in [0.3, 0.4) is 0 Å². The van der Waals surface area contributed by atoms with Gasteiger partial charge in [-0.2, -0.15) is 0 Å². The van der Waals surface area contributed by atoms with Crippen molar-refractivity contribution in [3.63, 3.8) is 0 Å². The number of carbonyl (C=O) groups excluding carboxylic acids is 4. The Balaban J connectivity index is 1.86. The van der Waals surface area contributed by atoms with E-state index in [0.717, 1.165) is 4.90 Å². The summed E-state index contributed by atoms with van der Waals surface area (Å²) < 4.78 is 0. The van der Waals surface area contributed by atoms with Crippen molar-refractivity contribution in [1.82, 2.24) is 14.8 Å². The van der Waals surface area contributed by atoms with E-state index in [-0.39, 0.29) is 24.6 Å². The van der Waals surface area contributed by atoms with E-state index in [1.54, 1.807) is 69.3 Å². The number of para-hydroxylation sites is 1. The van der Waals surface area contributed by atoms with Gasteiger partial charge in [0.25, 0.3) is 5.91 Å². The molecule has 4 rings (SSSR count). The Labute approximate surface area is 271 Å². The van der Waals surface area contributed by atoms with Gasteiger partial charge in [-0.15, -0.1) is 0 Å². The van der Waals surface area contributed by atoms with E-state index in [0.29, 0.717) is 16.0 Å². The number of ketones is 1. The Kier molecular flexibility index (Phi) is 10.5. The zero-order chi connectivity index (χ0) is 34.5. The normalized spacial score (nSPS) is 18.1. The average Bonchev–Trinajstić information content (AvgIpc) is 3.23. The lowest BCUT2D eigenvalue weighted by Crippen LogP contribution is -2.60. The fourth-order valence-corrected chi connectivity index (χ4v) is 5.76. The molecule has 1 fully saturated rings. The Morgan fingerprint density at radius 1 is 0.915 bits per heavy atom. The van der Waals surface area contributed by atoms with E-state index in [4.69, 9.17) is 5.73 Å². The predicted octanol–water partition coefficient (Wildman–Crippen LogP) is 3.03. The van der Waals surface area contributed by atoms with Crippen molar-refractivity contribution in [3.05, 3.63) is 96.3 Å². The van der Waals surface area contributed by atoms with Crippen molar-refractivity contribution in [3.8, 4) is 0 Å². The molecule has 0 radical (unpaired) electrons.